The molecule has 0 amide bonds. The molecule has 12 heavy (non-hydrogen) atoms. The van der Waals surface area contributed by atoms with Crippen molar-refractivity contribution in [3.63, 3.8) is 0 Å². The molecule has 0 unspecified atom stereocenters. The van der Waals surface area contributed by atoms with Gasteiger partial charge in [-0.1, -0.05) is 0 Å². The molecule has 1 rings (SSSR count). The van der Waals surface area contributed by atoms with E-state index in [0.29, 0.717) is 5.41 Å². The van der Waals surface area contributed by atoms with Crippen LogP contribution in [0.3, 0.4) is 0 Å². The van der Waals surface area contributed by atoms with Crippen molar-refractivity contribution in [3.05, 3.63) is 0 Å². The maximum Gasteiger partial charge on any atom is -0.00436 e. The molecule has 0 aliphatic carbocycles. The molecule has 0 atom stereocenters. The van der Waals surface area contributed by atoms with Gasteiger partial charge in [-0.2, -0.15) is 0 Å². The van der Waals surface area contributed by atoms with Gasteiger partial charge in [-0.15, -0.1) is 0 Å². The van der Waals surface area contributed by atoms with Gasteiger partial charge < -0.3 is 16.8 Å². The van der Waals surface area contributed by atoms with Crippen molar-refractivity contribution in [2.24, 2.45) is 16.9 Å². The Bertz CT molecular complexity index is 103. The van der Waals surface area contributed by atoms with Crippen LogP contribution in [0.4, 0.5) is 0 Å². The van der Waals surface area contributed by atoms with E-state index >= 15 is 0 Å². The third-order valence-corrected chi connectivity index (χ3v) is 3.01. The third-order valence-electron chi connectivity index (χ3n) is 3.01. The number of nitrogens with two attached hydrogens (primary N) is 2. The summed E-state index contributed by atoms with van der Waals surface area (Å²) in [5.74, 6) is 0. The zero-order chi connectivity index (χ0) is 8.86. The molecule has 1 saturated heterocycles. The Kier molecular flexibility index (Phi) is 3.98. The monoisotopic (exact) mass is 171 g/mol. The van der Waals surface area contributed by atoms with Gasteiger partial charge in [0, 0.05) is 0 Å². The summed E-state index contributed by atoms with van der Waals surface area (Å²) in [5.41, 5.74) is 11.7. The highest BCUT2D eigenvalue weighted by molar-refractivity contribution is 4.84. The lowest BCUT2D eigenvalue weighted by Gasteiger charge is -2.37. The molecule has 1 fully saturated rings. The van der Waals surface area contributed by atoms with Crippen LogP contribution in [0.1, 0.15) is 25.7 Å². The largest absolute Gasteiger partial charge is 0.330 e. The molecule has 0 radical (unpaired) electrons. The van der Waals surface area contributed by atoms with Crippen molar-refractivity contribution in [2.45, 2.75) is 25.7 Å². The summed E-state index contributed by atoms with van der Waals surface area (Å²) in [5, 5.41) is 3.37. The predicted molar refractivity (Wildman–Crippen MR) is 51.9 cm³/mol. The van der Waals surface area contributed by atoms with Crippen LogP contribution in [-0.4, -0.2) is 26.2 Å². The van der Waals surface area contributed by atoms with Crippen molar-refractivity contribution in [1.29, 1.82) is 0 Å². The van der Waals surface area contributed by atoms with Gasteiger partial charge in [0.1, 0.15) is 0 Å². The SMILES string of the molecule is NCCC1(CCN)CCNCC1. The molecule has 1 aliphatic heterocycles. The third kappa shape index (κ3) is 2.44. The van der Waals surface area contributed by atoms with Gasteiger partial charge in [-0.05, 0) is 57.3 Å². The fraction of sp³-hybridized carbons (Fsp3) is 1.00. The minimum Gasteiger partial charge on any atom is -0.330 e. The maximum absolute atomic E-state index is 5.61. The van der Waals surface area contributed by atoms with Crippen LogP contribution in [0.25, 0.3) is 0 Å². The standard InChI is InChI=1S/C9H21N3/c10-5-1-9(2-6-11)3-7-12-8-4-9/h12H,1-8,10-11H2. The topological polar surface area (TPSA) is 64.1 Å². The van der Waals surface area contributed by atoms with E-state index < -0.39 is 0 Å². The minimum atomic E-state index is 0.467. The van der Waals surface area contributed by atoms with E-state index in [1.807, 2.05) is 0 Å². The van der Waals surface area contributed by atoms with Crippen molar-refractivity contribution in [3.8, 4) is 0 Å². The van der Waals surface area contributed by atoms with E-state index in [4.69, 9.17) is 11.5 Å². The Labute approximate surface area is 74.9 Å². The molecule has 0 aromatic heterocycles. The van der Waals surface area contributed by atoms with Gasteiger partial charge in [0.2, 0.25) is 0 Å². The summed E-state index contributed by atoms with van der Waals surface area (Å²) < 4.78 is 0. The molecule has 3 heteroatoms. The smallest absolute Gasteiger partial charge is 0.00436 e. The Morgan fingerprint density at radius 1 is 1.00 bits per heavy atom. The highest BCUT2D eigenvalue weighted by atomic mass is 14.9. The van der Waals surface area contributed by atoms with E-state index in [9.17, 15) is 0 Å². The summed E-state index contributed by atoms with van der Waals surface area (Å²) >= 11 is 0. The van der Waals surface area contributed by atoms with Crippen molar-refractivity contribution in [1.82, 2.24) is 5.32 Å². The fourth-order valence-electron chi connectivity index (χ4n) is 2.19. The molecule has 0 aromatic carbocycles. The average molecular weight is 171 g/mol. The first-order valence-corrected chi connectivity index (χ1v) is 4.94. The second kappa shape index (κ2) is 4.80. The highest BCUT2D eigenvalue weighted by Gasteiger charge is 2.29. The molecule has 72 valence electrons. The van der Waals surface area contributed by atoms with E-state index in [0.717, 1.165) is 39.0 Å². The normalized spacial score (nSPS) is 22.5. The number of hydrogen-bond acceptors (Lipinski definition) is 3. The fourth-order valence-corrected chi connectivity index (χ4v) is 2.19. The van der Waals surface area contributed by atoms with Crippen molar-refractivity contribution in [2.75, 3.05) is 26.2 Å². The summed E-state index contributed by atoms with van der Waals surface area (Å²) in [4.78, 5) is 0. The van der Waals surface area contributed by atoms with Crippen molar-refractivity contribution < 1.29 is 0 Å². The van der Waals surface area contributed by atoms with Crippen LogP contribution < -0.4 is 16.8 Å². The van der Waals surface area contributed by atoms with Crippen molar-refractivity contribution >= 4 is 0 Å². The van der Waals surface area contributed by atoms with Crippen LogP contribution in [0.5, 0.6) is 0 Å². The molecule has 5 N–H and O–H groups in total. The first-order chi connectivity index (χ1) is 5.83. The second-order valence-electron chi connectivity index (χ2n) is 3.83. The Balaban J connectivity index is 2.44. The molecule has 3 nitrogen and oxygen atoms in total. The first kappa shape index (κ1) is 9.96. The summed E-state index contributed by atoms with van der Waals surface area (Å²) in [6.07, 6.45) is 4.79. The summed E-state index contributed by atoms with van der Waals surface area (Å²) in [6.45, 7) is 3.89. The van der Waals surface area contributed by atoms with Crippen LogP contribution in [0.2, 0.25) is 0 Å². The number of piperidine rings is 1. The van der Waals surface area contributed by atoms with Crippen LogP contribution >= 0.6 is 0 Å². The van der Waals surface area contributed by atoms with Gasteiger partial charge in [-0.3, -0.25) is 0 Å². The molecule has 0 saturated carbocycles. The number of nitrogens with one attached hydrogen (secondary N) is 1. The number of rotatable bonds is 4. The quantitative estimate of drug-likeness (QED) is 0.560. The Morgan fingerprint density at radius 3 is 1.92 bits per heavy atom. The molecule has 0 bridgehead atoms. The lowest BCUT2D eigenvalue weighted by atomic mass is 9.73. The van der Waals surface area contributed by atoms with E-state index in [-0.39, 0.29) is 0 Å². The first-order valence-electron chi connectivity index (χ1n) is 4.94. The van der Waals surface area contributed by atoms with Gasteiger partial charge in [0.15, 0.2) is 0 Å². The maximum atomic E-state index is 5.61. The van der Waals surface area contributed by atoms with Crippen LogP contribution in [0.15, 0.2) is 0 Å². The van der Waals surface area contributed by atoms with Gasteiger partial charge in [0.25, 0.3) is 0 Å². The van der Waals surface area contributed by atoms with E-state index in [1.165, 1.54) is 12.8 Å². The highest BCUT2D eigenvalue weighted by Crippen LogP contribution is 2.35. The molecule has 1 heterocycles. The molecular weight excluding hydrogens is 150 g/mol. The number of hydrogen-bond donors (Lipinski definition) is 3. The zero-order valence-electron chi connectivity index (χ0n) is 7.81. The molecule has 0 spiro atoms. The van der Waals surface area contributed by atoms with Gasteiger partial charge >= 0.3 is 0 Å². The van der Waals surface area contributed by atoms with Gasteiger partial charge in [0.05, 0.1) is 0 Å². The average Bonchev–Trinajstić information content (AvgIpc) is 2.07. The minimum absolute atomic E-state index is 0.467. The van der Waals surface area contributed by atoms with E-state index in [1.54, 1.807) is 0 Å². The Morgan fingerprint density at radius 2 is 1.50 bits per heavy atom. The second-order valence-corrected chi connectivity index (χ2v) is 3.83. The molecule has 0 aromatic rings. The molecular formula is C9H21N3. The molecule has 1 aliphatic rings. The summed E-state index contributed by atoms with van der Waals surface area (Å²) in [7, 11) is 0. The van der Waals surface area contributed by atoms with Crippen LogP contribution in [0, 0.1) is 5.41 Å². The zero-order valence-corrected chi connectivity index (χ0v) is 7.81. The van der Waals surface area contributed by atoms with Gasteiger partial charge in [-0.25, -0.2) is 0 Å². The Hall–Kier alpha value is -0.120. The lowest BCUT2D eigenvalue weighted by Crippen LogP contribution is -2.39. The van der Waals surface area contributed by atoms with E-state index in [2.05, 4.69) is 5.32 Å². The van der Waals surface area contributed by atoms with Crippen LogP contribution in [-0.2, 0) is 0 Å². The summed E-state index contributed by atoms with van der Waals surface area (Å²) in [6, 6.07) is 0. The predicted octanol–water partition coefficient (Wildman–Crippen LogP) is 0.0538. The lowest BCUT2D eigenvalue weighted by molar-refractivity contribution is 0.175.